The van der Waals surface area contributed by atoms with E-state index in [4.69, 9.17) is 10.2 Å². The minimum Gasteiger partial charge on any atom is -0.477 e. The van der Waals surface area contributed by atoms with Crippen molar-refractivity contribution >= 4 is 29.8 Å². The van der Waals surface area contributed by atoms with Crippen LogP contribution in [0.2, 0.25) is 0 Å². The first kappa shape index (κ1) is 33.0. The SMILES string of the molecule is C=C(C)C(=O)NCCCCCCCCCCC(=O)NCCCCC[N+](CC(=O)O)(CC(=O)O)C(=O)O. The van der Waals surface area contributed by atoms with Crippen molar-refractivity contribution in [2.45, 2.75) is 84.0 Å². The monoisotopic (exact) mass is 514 g/mol. The summed E-state index contributed by atoms with van der Waals surface area (Å²) < 4.78 is -1.05. The summed E-state index contributed by atoms with van der Waals surface area (Å²) in [6, 6.07) is 0. The first-order chi connectivity index (χ1) is 17.0. The second-order valence-electron chi connectivity index (χ2n) is 9.28. The molecular weight excluding hydrogens is 470 g/mol. The van der Waals surface area contributed by atoms with Gasteiger partial charge in [-0.3, -0.25) is 9.59 Å². The molecule has 0 unspecified atom stereocenters. The number of rotatable bonds is 22. The van der Waals surface area contributed by atoms with E-state index in [0.717, 1.165) is 51.4 Å². The second kappa shape index (κ2) is 19.3. The van der Waals surface area contributed by atoms with Gasteiger partial charge in [-0.25, -0.2) is 14.1 Å². The molecule has 0 aromatic rings. The Hall–Kier alpha value is -2.95. The Morgan fingerprint density at radius 2 is 1.11 bits per heavy atom. The van der Waals surface area contributed by atoms with Gasteiger partial charge < -0.3 is 26.0 Å². The van der Waals surface area contributed by atoms with Gasteiger partial charge in [0.2, 0.25) is 11.8 Å². The Bertz CT molecular complexity index is 723. The fraction of sp³-hybridized carbons (Fsp3) is 0.720. The van der Waals surface area contributed by atoms with Crippen LogP contribution in [0.3, 0.4) is 0 Å². The smallest absolute Gasteiger partial charge is 0.477 e. The van der Waals surface area contributed by atoms with Crippen molar-refractivity contribution in [3.05, 3.63) is 12.2 Å². The Balaban J connectivity index is 3.79. The number of unbranched alkanes of at least 4 members (excludes halogenated alkanes) is 9. The van der Waals surface area contributed by atoms with E-state index >= 15 is 0 Å². The van der Waals surface area contributed by atoms with E-state index in [1.165, 1.54) is 0 Å². The van der Waals surface area contributed by atoms with Gasteiger partial charge in [0.1, 0.15) is 0 Å². The van der Waals surface area contributed by atoms with E-state index in [1.807, 2.05) is 0 Å². The van der Waals surface area contributed by atoms with Crippen molar-refractivity contribution in [3.8, 4) is 0 Å². The summed E-state index contributed by atoms with van der Waals surface area (Å²) in [5, 5.41) is 33.0. The average Bonchev–Trinajstić information content (AvgIpc) is 2.78. The largest absolute Gasteiger partial charge is 0.514 e. The molecule has 206 valence electrons. The highest BCUT2D eigenvalue weighted by atomic mass is 16.4. The van der Waals surface area contributed by atoms with Crippen LogP contribution in [0.15, 0.2) is 12.2 Å². The third-order valence-corrected chi connectivity index (χ3v) is 5.87. The molecule has 0 fully saturated rings. The van der Waals surface area contributed by atoms with Crippen LogP contribution >= 0.6 is 0 Å². The highest BCUT2D eigenvalue weighted by molar-refractivity contribution is 5.92. The summed E-state index contributed by atoms with van der Waals surface area (Å²) in [5.41, 5.74) is 0.524. The van der Waals surface area contributed by atoms with Crippen LogP contribution in [0.25, 0.3) is 0 Å². The van der Waals surface area contributed by atoms with Gasteiger partial charge in [-0.1, -0.05) is 45.1 Å². The number of nitrogens with zero attached hydrogens (tertiary/aromatic N) is 1. The van der Waals surface area contributed by atoms with Gasteiger partial charge in [0.25, 0.3) is 0 Å². The van der Waals surface area contributed by atoms with E-state index in [-0.39, 0.29) is 18.4 Å². The molecule has 0 heterocycles. The first-order valence-electron chi connectivity index (χ1n) is 12.7. The number of hydrogen-bond acceptors (Lipinski definition) is 5. The van der Waals surface area contributed by atoms with Gasteiger partial charge in [-0.15, -0.1) is 0 Å². The van der Waals surface area contributed by atoms with Crippen molar-refractivity contribution in [3.63, 3.8) is 0 Å². The van der Waals surface area contributed by atoms with Crippen LogP contribution in [0.5, 0.6) is 0 Å². The number of aliphatic carboxylic acids is 2. The predicted molar refractivity (Wildman–Crippen MR) is 134 cm³/mol. The molecule has 0 bridgehead atoms. The van der Waals surface area contributed by atoms with Crippen LogP contribution in [0.1, 0.15) is 84.0 Å². The molecule has 0 rings (SSSR count). The van der Waals surface area contributed by atoms with Crippen LogP contribution in [0, 0.1) is 0 Å². The molecular formula is C25H44N3O8+. The Morgan fingerprint density at radius 3 is 1.58 bits per heavy atom. The molecule has 0 aliphatic heterocycles. The van der Waals surface area contributed by atoms with Gasteiger partial charge >= 0.3 is 18.0 Å². The lowest BCUT2D eigenvalue weighted by molar-refractivity contribution is -0.843. The maximum absolute atomic E-state index is 11.9. The Kier molecular flexibility index (Phi) is 17.7. The minimum absolute atomic E-state index is 0.0285. The topological polar surface area (TPSA) is 170 Å². The maximum atomic E-state index is 11.9. The molecule has 0 radical (unpaired) electrons. The molecule has 0 saturated heterocycles. The summed E-state index contributed by atoms with van der Waals surface area (Å²) in [5.74, 6) is -2.86. The van der Waals surface area contributed by atoms with Gasteiger partial charge in [0.05, 0.1) is 6.54 Å². The van der Waals surface area contributed by atoms with E-state index < -0.39 is 35.6 Å². The molecule has 5 N–H and O–H groups in total. The predicted octanol–water partition coefficient (Wildman–Crippen LogP) is 3.14. The lowest BCUT2D eigenvalue weighted by atomic mass is 10.1. The lowest BCUT2D eigenvalue weighted by Gasteiger charge is -2.29. The molecule has 11 nitrogen and oxygen atoms in total. The number of carboxylic acid groups (broad SMARTS) is 3. The summed E-state index contributed by atoms with van der Waals surface area (Å²) in [6.07, 6.45) is 8.79. The number of amides is 3. The number of quaternary nitrogens is 1. The van der Waals surface area contributed by atoms with Crippen LogP contribution in [-0.4, -0.2) is 82.4 Å². The number of carbonyl (C=O) groups is 5. The van der Waals surface area contributed by atoms with Gasteiger partial charge in [0, 0.05) is 25.1 Å². The Labute approximate surface area is 213 Å². The van der Waals surface area contributed by atoms with Crippen molar-refractivity contribution in [2.75, 3.05) is 32.7 Å². The van der Waals surface area contributed by atoms with E-state index in [9.17, 15) is 29.1 Å². The molecule has 0 saturated carbocycles. The van der Waals surface area contributed by atoms with Gasteiger partial charge in [0.15, 0.2) is 13.1 Å². The molecule has 0 atom stereocenters. The molecule has 3 amide bonds. The van der Waals surface area contributed by atoms with E-state index in [1.54, 1.807) is 6.92 Å². The summed E-state index contributed by atoms with van der Waals surface area (Å²) in [6.45, 7) is 4.71. The second-order valence-corrected chi connectivity index (χ2v) is 9.28. The number of carboxylic acids is 2. The van der Waals surface area contributed by atoms with Crippen LogP contribution in [0.4, 0.5) is 4.79 Å². The Morgan fingerprint density at radius 1 is 0.667 bits per heavy atom. The van der Waals surface area contributed by atoms with Crippen LogP contribution < -0.4 is 10.6 Å². The third-order valence-electron chi connectivity index (χ3n) is 5.87. The number of carbonyl (C=O) groups excluding carboxylic acids is 2. The van der Waals surface area contributed by atoms with Crippen molar-refractivity contribution in [1.29, 1.82) is 0 Å². The highest BCUT2D eigenvalue weighted by Crippen LogP contribution is 2.12. The minimum atomic E-state index is -1.47. The highest BCUT2D eigenvalue weighted by Gasteiger charge is 2.41. The van der Waals surface area contributed by atoms with Crippen LogP contribution in [-0.2, 0) is 19.2 Å². The van der Waals surface area contributed by atoms with Gasteiger partial charge in [-0.05, 0) is 39.0 Å². The zero-order chi connectivity index (χ0) is 27.4. The molecule has 0 aliphatic rings. The molecule has 0 aromatic carbocycles. The fourth-order valence-corrected chi connectivity index (χ4v) is 3.82. The lowest BCUT2D eigenvalue weighted by Crippen LogP contribution is -2.58. The maximum Gasteiger partial charge on any atom is 0.514 e. The zero-order valence-electron chi connectivity index (χ0n) is 21.6. The quantitative estimate of drug-likeness (QED) is 0.0833. The standard InChI is InChI=1S/C25H43N3O8/c1-20(2)24(34)27-16-11-8-6-4-3-5-7-10-14-21(29)26-15-12-9-13-17-28(25(35)36,18-22(30)31)19-23(32)33/h1,3-19H2,2H3,(H4-,26,27,29,30,31,32,33,34,35,36)/p+1. The molecule has 11 heteroatoms. The van der Waals surface area contributed by atoms with Crippen molar-refractivity contribution < 1.29 is 43.8 Å². The fourth-order valence-electron chi connectivity index (χ4n) is 3.82. The number of nitrogens with one attached hydrogen (secondary N) is 2. The molecule has 0 spiro atoms. The molecule has 0 aromatic heterocycles. The average molecular weight is 515 g/mol. The summed E-state index contributed by atoms with van der Waals surface area (Å²) in [4.78, 5) is 56.9. The van der Waals surface area contributed by atoms with Gasteiger partial charge in [-0.2, -0.15) is 4.79 Å². The number of hydrogen-bond donors (Lipinski definition) is 5. The zero-order valence-corrected chi connectivity index (χ0v) is 21.6. The van der Waals surface area contributed by atoms with E-state index in [2.05, 4.69) is 17.2 Å². The molecule has 0 aliphatic carbocycles. The molecule has 36 heavy (non-hydrogen) atoms. The van der Waals surface area contributed by atoms with Crippen molar-refractivity contribution in [2.24, 2.45) is 0 Å². The summed E-state index contributed by atoms with van der Waals surface area (Å²) >= 11 is 0. The summed E-state index contributed by atoms with van der Waals surface area (Å²) in [7, 11) is 0. The third kappa shape index (κ3) is 16.6. The van der Waals surface area contributed by atoms with E-state index in [0.29, 0.717) is 44.3 Å². The first-order valence-corrected chi connectivity index (χ1v) is 12.7. The normalized spacial score (nSPS) is 11.0. The van der Waals surface area contributed by atoms with Crippen molar-refractivity contribution in [1.82, 2.24) is 10.6 Å².